The molecule has 0 heterocycles. The predicted molar refractivity (Wildman–Crippen MR) is 335 cm³/mol. The molecule has 6 nitrogen and oxygen atoms in total. The van der Waals surface area contributed by atoms with Crippen LogP contribution in [0.15, 0.2) is 60.8 Å². The zero-order chi connectivity index (χ0) is 55.7. The third kappa shape index (κ3) is 63.8. The molecule has 0 aromatic carbocycles. The van der Waals surface area contributed by atoms with Crippen LogP contribution in [-0.4, -0.2) is 37.2 Å². The predicted octanol–water partition coefficient (Wildman–Crippen LogP) is 23.1. The van der Waals surface area contributed by atoms with Crippen LogP contribution < -0.4 is 0 Å². The van der Waals surface area contributed by atoms with Crippen molar-refractivity contribution in [1.82, 2.24) is 0 Å². The molecule has 0 radical (unpaired) electrons. The number of hydrogen-bond donors (Lipinski definition) is 0. The van der Waals surface area contributed by atoms with Gasteiger partial charge in [0, 0.05) is 19.3 Å². The molecular formula is C71H128O6. The van der Waals surface area contributed by atoms with Crippen molar-refractivity contribution in [3.63, 3.8) is 0 Å². The Labute approximate surface area is 479 Å². The Kier molecular flexibility index (Phi) is 63.2. The maximum atomic E-state index is 12.9. The Balaban J connectivity index is 4.37. The summed E-state index contributed by atoms with van der Waals surface area (Å²) in [6, 6.07) is 0. The van der Waals surface area contributed by atoms with Crippen molar-refractivity contribution in [2.75, 3.05) is 13.2 Å². The van der Waals surface area contributed by atoms with Gasteiger partial charge in [0.05, 0.1) is 0 Å². The van der Waals surface area contributed by atoms with E-state index in [0.29, 0.717) is 19.3 Å². The first-order valence-electron chi connectivity index (χ1n) is 33.8. The van der Waals surface area contributed by atoms with E-state index in [1.165, 1.54) is 225 Å². The minimum Gasteiger partial charge on any atom is -0.462 e. The molecule has 0 bridgehead atoms. The number of hydrogen-bond acceptors (Lipinski definition) is 6. The van der Waals surface area contributed by atoms with Gasteiger partial charge in [-0.1, -0.05) is 306 Å². The third-order valence-electron chi connectivity index (χ3n) is 15.0. The van der Waals surface area contributed by atoms with Crippen molar-refractivity contribution in [2.24, 2.45) is 0 Å². The molecule has 1 unspecified atom stereocenters. The standard InChI is InChI=1S/C71H128O6/c1-4-7-10-13-16-19-22-25-28-31-34-35-38-40-43-46-49-52-55-58-61-64-70(73)76-67-68(77-71(74)65-62-59-56-53-50-47-44-41-37-33-30-27-24-21-18-15-12-9-6-3)66-75-69(72)63-60-57-54-51-48-45-42-39-36-32-29-26-23-20-17-14-11-8-5-2/h18,21-22,25,27,30-31,34,37,41,68H,4-17,19-20,23-24,26,28-29,32-33,35-36,38-40,42-67H2,1-3H3/b21-18-,25-22-,30-27-,34-31-,41-37-. The molecule has 0 saturated heterocycles. The lowest BCUT2D eigenvalue weighted by Crippen LogP contribution is -2.30. The summed E-state index contributed by atoms with van der Waals surface area (Å²) in [5.74, 6) is -0.872. The van der Waals surface area contributed by atoms with Crippen molar-refractivity contribution >= 4 is 17.9 Å². The van der Waals surface area contributed by atoms with Gasteiger partial charge in [0.25, 0.3) is 0 Å². The topological polar surface area (TPSA) is 78.9 Å². The smallest absolute Gasteiger partial charge is 0.306 e. The SMILES string of the molecule is CCCCC/C=C\C/C=C\C/C=C\CCCCCCCCC(=O)OC(COC(=O)CCCCCCCCCCC/C=C\C/C=C\CCCCCCC)COC(=O)CCCCCCCCCCCCCCCCCCCCC. The van der Waals surface area contributed by atoms with Crippen LogP contribution in [0.2, 0.25) is 0 Å². The minimum absolute atomic E-state index is 0.0775. The summed E-state index contributed by atoms with van der Waals surface area (Å²) in [5.41, 5.74) is 0. The monoisotopic (exact) mass is 1080 g/mol. The van der Waals surface area contributed by atoms with Crippen LogP contribution in [0, 0.1) is 0 Å². The highest BCUT2D eigenvalue weighted by Crippen LogP contribution is 2.17. The van der Waals surface area contributed by atoms with E-state index in [1.54, 1.807) is 0 Å². The fourth-order valence-corrected chi connectivity index (χ4v) is 9.89. The third-order valence-corrected chi connectivity index (χ3v) is 15.0. The van der Waals surface area contributed by atoms with Gasteiger partial charge in [-0.15, -0.1) is 0 Å². The first-order chi connectivity index (χ1) is 38.0. The van der Waals surface area contributed by atoms with Crippen LogP contribution in [0.25, 0.3) is 0 Å². The molecule has 0 amide bonds. The Morgan fingerprint density at radius 3 is 0.753 bits per heavy atom. The summed E-state index contributed by atoms with van der Waals surface area (Å²) in [7, 11) is 0. The van der Waals surface area contributed by atoms with E-state index in [1.807, 2.05) is 0 Å². The summed E-state index contributed by atoms with van der Waals surface area (Å²) in [6.45, 7) is 6.65. The van der Waals surface area contributed by atoms with E-state index in [2.05, 4.69) is 81.5 Å². The number of esters is 3. The number of unbranched alkanes of at least 4 members (excludes halogenated alkanes) is 41. The maximum absolute atomic E-state index is 12.9. The molecule has 448 valence electrons. The molecule has 0 saturated carbocycles. The van der Waals surface area contributed by atoms with Crippen molar-refractivity contribution in [3.05, 3.63) is 60.8 Å². The minimum atomic E-state index is -0.783. The number of ether oxygens (including phenoxy) is 3. The van der Waals surface area contributed by atoms with Crippen molar-refractivity contribution in [2.45, 2.75) is 361 Å². The fraction of sp³-hybridized carbons (Fsp3) is 0.817. The van der Waals surface area contributed by atoms with E-state index in [-0.39, 0.29) is 31.1 Å². The van der Waals surface area contributed by atoms with Gasteiger partial charge in [-0.2, -0.15) is 0 Å². The highest BCUT2D eigenvalue weighted by molar-refractivity contribution is 5.71. The van der Waals surface area contributed by atoms with Crippen LogP contribution in [0.5, 0.6) is 0 Å². The highest BCUT2D eigenvalue weighted by atomic mass is 16.6. The summed E-state index contributed by atoms with van der Waals surface area (Å²) in [6.07, 6.45) is 83.7. The van der Waals surface area contributed by atoms with Crippen LogP contribution in [-0.2, 0) is 28.6 Å². The van der Waals surface area contributed by atoms with E-state index < -0.39 is 6.10 Å². The van der Waals surface area contributed by atoms with E-state index >= 15 is 0 Å². The van der Waals surface area contributed by atoms with E-state index in [0.717, 1.165) is 89.9 Å². The second-order valence-corrected chi connectivity index (χ2v) is 22.7. The zero-order valence-electron chi connectivity index (χ0n) is 51.5. The van der Waals surface area contributed by atoms with Crippen LogP contribution >= 0.6 is 0 Å². The number of rotatable bonds is 62. The highest BCUT2D eigenvalue weighted by Gasteiger charge is 2.19. The van der Waals surface area contributed by atoms with Gasteiger partial charge < -0.3 is 14.2 Å². The second kappa shape index (κ2) is 65.6. The maximum Gasteiger partial charge on any atom is 0.306 e. The molecule has 0 N–H and O–H groups in total. The van der Waals surface area contributed by atoms with Gasteiger partial charge in [-0.3, -0.25) is 14.4 Å². The first-order valence-corrected chi connectivity index (χ1v) is 33.8. The zero-order valence-corrected chi connectivity index (χ0v) is 51.5. The largest absolute Gasteiger partial charge is 0.462 e. The van der Waals surface area contributed by atoms with Crippen molar-refractivity contribution in [1.29, 1.82) is 0 Å². The van der Waals surface area contributed by atoms with E-state index in [4.69, 9.17) is 14.2 Å². The molecule has 0 aromatic heterocycles. The number of carbonyl (C=O) groups excluding carboxylic acids is 3. The normalized spacial score (nSPS) is 12.4. The van der Waals surface area contributed by atoms with Crippen LogP contribution in [0.3, 0.4) is 0 Å². The van der Waals surface area contributed by atoms with Crippen molar-refractivity contribution < 1.29 is 28.6 Å². The van der Waals surface area contributed by atoms with E-state index in [9.17, 15) is 14.4 Å². The Morgan fingerprint density at radius 2 is 0.468 bits per heavy atom. The summed E-state index contributed by atoms with van der Waals surface area (Å²) in [4.78, 5) is 38.4. The first kappa shape index (κ1) is 74.1. The van der Waals surface area contributed by atoms with Gasteiger partial charge in [0.15, 0.2) is 6.10 Å². The van der Waals surface area contributed by atoms with Crippen molar-refractivity contribution in [3.8, 4) is 0 Å². The quantitative estimate of drug-likeness (QED) is 0.0261. The Bertz CT molecular complexity index is 1380. The average molecular weight is 1080 g/mol. The van der Waals surface area contributed by atoms with Gasteiger partial charge in [0.1, 0.15) is 13.2 Å². The second-order valence-electron chi connectivity index (χ2n) is 22.7. The molecule has 0 fully saturated rings. The summed E-state index contributed by atoms with van der Waals surface area (Å²) >= 11 is 0. The molecule has 1 atom stereocenters. The summed E-state index contributed by atoms with van der Waals surface area (Å²) < 4.78 is 17.0. The van der Waals surface area contributed by atoms with Gasteiger partial charge >= 0.3 is 17.9 Å². The molecule has 77 heavy (non-hydrogen) atoms. The molecule has 0 aliphatic heterocycles. The lowest BCUT2D eigenvalue weighted by Gasteiger charge is -2.18. The van der Waals surface area contributed by atoms with Crippen LogP contribution in [0.4, 0.5) is 0 Å². The molecule has 6 heteroatoms. The summed E-state index contributed by atoms with van der Waals surface area (Å²) in [5, 5.41) is 0. The van der Waals surface area contributed by atoms with Gasteiger partial charge in [-0.25, -0.2) is 0 Å². The molecular weight excluding hydrogens is 949 g/mol. The molecule has 0 aliphatic rings. The lowest BCUT2D eigenvalue weighted by molar-refractivity contribution is -0.167. The lowest BCUT2D eigenvalue weighted by atomic mass is 10.0. The molecule has 0 aliphatic carbocycles. The van der Waals surface area contributed by atoms with Crippen LogP contribution in [0.1, 0.15) is 355 Å². The van der Waals surface area contributed by atoms with Gasteiger partial charge in [0.2, 0.25) is 0 Å². The number of carbonyl (C=O) groups is 3. The Hall–Kier alpha value is -2.89. The fourth-order valence-electron chi connectivity index (χ4n) is 9.89. The molecule has 0 spiro atoms. The Morgan fingerprint density at radius 1 is 0.260 bits per heavy atom. The molecule has 0 rings (SSSR count). The molecule has 0 aromatic rings. The van der Waals surface area contributed by atoms with Gasteiger partial charge in [-0.05, 0) is 89.9 Å². The average Bonchev–Trinajstić information content (AvgIpc) is 3.43. The number of allylic oxidation sites excluding steroid dienone is 10.